The lowest BCUT2D eigenvalue weighted by molar-refractivity contribution is -0.167. The SMILES string of the molecule is CCCCCCCCCCCCCCCC(=O)O[C@@H](COC(=O)CCCCCCCCCCCCCCCCC(C)CC)COC(=O)CCCCCCCCCC(C)C. The van der Waals surface area contributed by atoms with E-state index in [0.717, 1.165) is 69.6 Å². The summed E-state index contributed by atoms with van der Waals surface area (Å²) in [5.41, 5.74) is 0. The van der Waals surface area contributed by atoms with Crippen LogP contribution in [0.3, 0.4) is 0 Å². The molecule has 0 N–H and O–H groups in total. The Morgan fingerprint density at radius 2 is 0.644 bits per heavy atom. The van der Waals surface area contributed by atoms with Crippen molar-refractivity contribution in [2.24, 2.45) is 11.8 Å². The van der Waals surface area contributed by atoms with Crippen LogP contribution in [-0.2, 0) is 28.6 Å². The smallest absolute Gasteiger partial charge is 0.306 e. The average molecular weight is 835 g/mol. The molecule has 6 nitrogen and oxygen atoms in total. The van der Waals surface area contributed by atoms with Crippen LogP contribution < -0.4 is 0 Å². The molecule has 6 heteroatoms. The van der Waals surface area contributed by atoms with Crippen LogP contribution in [0.1, 0.15) is 291 Å². The zero-order chi connectivity index (χ0) is 43.3. The predicted molar refractivity (Wildman–Crippen MR) is 252 cm³/mol. The zero-order valence-corrected chi connectivity index (χ0v) is 40.4. The van der Waals surface area contributed by atoms with Gasteiger partial charge in [0, 0.05) is 19.3 Å². The largest absolute Gasteiger partial charge is 0.462 e. The second kappa shape index (κ2) is 45.9. The van der Waals surface area contributed by atoms with Gasteiger partial charge in [-0.05, 0) is 31.1 Å². The fourth-order valence-electron chi connectivity index (χ4n) is 7.96. The molecule has 59 heavy (non-hydrogen) atoms. The van der Waals surface area contributed by atoms with Crippen molar-refractivity contribution in [2.75, 3.05) is 13.2 Å². The number of esters is 3. The van der Waals surface area contributed by atoms with Crippen molar-refractivity contribution < 1.29 is 28.6 Å². The molecular formula is C53H102O6. The third kappa shape index (κ3) is 45.8. The summed E-state index contributed by atoms with van der Waals surface area (Å²) < 4.78 is 16.8. The Labute approximate surface area is 368 Å². The lowest BCUT2D eigenvalue weighted by Gasteiger charge is -2.18. The van der Waals surface area contributed by atoms with E-state index >= 15 is 0 Å². The van der Waals surface area contributed by atoms with Crippen molar-refractivity contribution >= 4 is 17.9 Å². The van der Waals surface area contributed by atoms with Gasteiger partial charge in [-0.25, -0.2) is 0 Å². The van der Waals surface area contributed by atoms with Gasteiger partial charge in [-0.2, -0.15) is 0 Å². The molecule has 0 amide bonds. The van der Waals surface area contributed by atoms with E-state index in [0.29, 0.717) is 19.3 Å². The average Bonchev–Trinajstić information content (AvgIpc) is 3.22. The molecule has 0 aliphatic rings. The first kappa shape index (κ1) is 57.4. The van der Waals surface area contributed by atoms with Crippen molar-refractivity contribution in [2.45, 2.75) is 298 Å². The molecule has 0 bridgehead atoms. The first-order valence-electron chi connectivity index (χ1n) is 26.3. The number of unbranched alkanes of at least 4 members (excludes halogenated alkanes) is 31. The van der Waals surface area contributed by atoms with Crippen molar-refractivity contribution in [3.63, 3.8) is 0 Å². The molecule has 0 aliphatic carbocycles. The van der Waals surface area contributed by atoms with Gasteiger partial charge in [0.05, 0.1) is 0 Å². The first-order valence-corrected chi connectivity index (χ1v) is 26.3. The minimum absolute atomic E-state index is 0.0640. The topological polar surface area (TPSA) is 78.9 Å². The molecule has 350 valence electrons. The van der Waals surface area contributed by atoms with Crippen molar-refractivity contribution in [3.05, 3.63) is 0 Å². The van der Waals surface area contributed by atoms with Crippen LogP contribution in [0.2, 0.25) is 0 Å². The number of carbonyl (C=O) groups excluding carboxylic acids is 3. The van der Waals surface area contributed by atoms with Gasteiger partial charge >= 0.3 is 17.9 Å². The van der Waals surface area contributed by atoms with Crippen LogP contribution in [0.4, 0.5) is 0 Å². The highest BCUT2D eigenvalue weighted by Crippen LogP contribution is 2.18. The first-order chi connectivity index (χ1) is 28.8. The Hall–Kier alpha value is -1.59. The lowest BCUT2D eigenvalue weighted by atomic mass is 9.99. The van der Waals surface area contributed by atoms with Crippen LogP contribution in [-0.4, -0.2) is 37.2 Å². The monoisotopic (exact) mass is 835 g/mol. The van der Waals surface area contributed by atoms with Gasteiger partial charge in [0.25, 0.3) is 0 Å². The van der Waals surface area contributed by atoms with E-state index in [1.807, 2.05) is 0 Å². The maximum Gasteiger partial charge on any atom is 0.306 e. The summed E-state index contributed by atoms with van der Waals surface area (Å²) in [5.74, 6) is 0.827. The summed E-state index contributed by atoms with van der Waals surface area (Å²) in [4.78, 5) is 37.9. The fraction of sp³-hybridized carbons (Fsp3) is 0.943. The molecule has 0 spiro atoms. The third-order valence-electron chi connectivity index (χ3n) is 12.3. The van der Waals surface area contributed by atoms with Gasteiger partial charge in [0.1, 0.15) is 13.2 Å². The Kier molecular flexibility index (Phi) is 44.7. The summed E-state index contributed by atoms with van der Waals surface area (Å²) in [6.07, 6.45) is 46.6. The highest BCUT2D eigenvalue weighted by molar-refractivity contribution is 5.71. The Morgan fingerprint density at radius 3 is 0.966 bits per heavy atom. The summed E-state index contributed by atoms with van der Waals surface area (Å²) in [5, 5.41) is 0. The number of rotatable bonds is 47. The van der Waals surface area contributed by atoms with Crippen LogP contribution in [0.5, 0.6) is 0 Å². The molecule has 0 saturated carbocycles. The van der Waals surface area contributed by atoms with Gasteiger partial charge in [-0.1, -0.05) is 253 Å². The quantitative estimate of drug-likeness (QED) is 0.0345. The second-order valence-corrected chi connectivity index (χ2v) is 18.9. The molecule has 0 aromatic rings. The number of ether oxygens (including phenoxy) is 3. The van der Waals surface area contributed by atoms with Gasteiger partial charge in [0.15, 0.2) is 6.10 Å². The molecule has 0 fully saturated rings. The van der Waals surface area contributed by atoms with E-state index < -0.39 is 6.10 Å². The van der Waals surface area contributed by atoms with Gasteiger partial charge in [0.2, 0.25) is 0 Å². The standard InChI is InChI=1S/C53H102O6/c1-6-8-9-10-11-12-13-16-21-24-29-35-40-45-53(56)59-50(47-58-52(55)44-39-34-30-25-26-31-36-41-48(3)4)46-57-51(54)43-38-33-28-23-20-18-15-14-17-19-22-27-32-37-42-49(5)7-2/h48-50H,6-47H2,1-5H3/t49?,50-/m0/s1. The number of hydrogen-bond donors (Lipinski definition) is 0. The molecule has 0 aromatic carbocycles. The molecular weight excluding hydrogens is 733 g/mol. The third-order valence-corrected chi connectivity index (χ3v) is 12.3. The highest BCUT2D eigenvalue weighted by Gasteiger charge is 2.19. The summed E-state index contributed by atoms with van der Waals surface area (Å²) >= 11 is 0. The number of carbonyl (C=O) groups is 3. The normalized spacial score (nSPS) is 12.5. The number of hydrogen-bond acceptors (Lipinski definition) is 6. The Balaban J connectivity index is 4.26. The lowest BCUT2D eigenvalue weighted by Crippen LogP contribution is -2.30. The molecule has 0 rings (SSSR count). The molecule has 0 saturated heterocycles. The van der Waals surface area contributed by atoms with E-state index in [9.17, 15) is 14.4 Å². The molecule has 2 atom stereocenters. The fourth-order valence-corrected chi connectivity index (χ4v) is 7.96. The molecule has 0 radical (unpaired) electrons. The maximum absolute atomic E-state index is 12.8. The van der Waals surface area contributed by atoms with Crippen molar-refractivity contribution in [3.8, 4) is 0 Å². The van der Waals surface area contributed by atoms with Gasteiger partial charge < -0.3 is 14.2 Å². The van der Waals surface area contributed by atoms with Crippen LogP contribution >= 0.6 is 0 Å². The maximum atomic E-state index is 12.8. The van der Waals surface area contributed by atoms with E-state index in [-0.39, 0.29) is 31.1 Å². The van der Waals surface area contributed by atoms with Crippen molar-refractivity contribution in [1.82, 2.24) is 0 Å². The van der Waals surface area contributed by atoms with E-state index in [1.165, 1.54) is 180 Å². The highest BCUT2D eigenvalue weighted by atomic mass is 16.6. The molecule has 0 aliphatic heterocycles. The molecule has 0 heterocycles. The van der Waals surface area contributed by atoms with E-state index in [2.05, 4.69) is 34.6 Å². The van der Waals surface area contributed by atoms with E-state index in [4.69, 9.17) is 14.2 Å². The molecule has 1 unspecified atom stereocenters. The summed E-state index contributed by atoms with van der Waals surface area (Å²) in [7, 11) is 0. The van der Waals surface area contributed by atoms with Crippen LogP contribution in [0, 0.1) is 11.8 Å². The predicted octanol–water partition coefficient (Wildman–Crippen LogP) is 16.9. The van der Waals surface area contributed by atoms with Crippen LogP contribution in [0.25, 0.3) is 0 Å². The minimum Gasteiger partial charge on any atom is -0.462 e. The molecule has 0 aromatic heterocycles. The van der Waals surface area contributed by atoms with Crippen molar-refractivity contribution in [1.29, 1.82) is 0 Å². The van der Waals surface area contributed by atoms with Gasteiger partial charge in [-0.3, -0.25) is 14.4 Å². The Morgan fingerprint density at radius 1 is 0.356 bits per heavy atom. The zero-order valence-electron chi connectivity index (χ0n) is 40.4. The van der Waals surface area contributed by atoms with E-state index in [1.54, 1.807) is 0 Å². The summed E-state index contributed by atoms with van der Waals surface area (Å²) in [6, 6.07) is 0. The Bertz CT molecular complexity index is 902. The van der Waals surface area contributed by atoms with Gasteiger partial charge in [-0.15, -0.1) is 0 Å². The second-order valence-electron chi connectivity index (χ2n) is 18.9. The van der Waals surface area contributed by atoms with Crippen LogP contribution in [0.15, 0.2) is 0 Å². The minimum atomic E-state index is -0.761. The summed E-state index contributed by atoms with van der Waals surface area (Å²) in [6.45, 7) is 11.4.